The lowest BCUT2D eigenvalue weighted by molar-refractivity contribution is 1.06. The van der Waals surface area contributed by atoms with E-state index in [1.807, 2.05) is 91.0 Å². The highest BCUT2D eigenvalue weighted by molar-refractivity contribution is 6.10. The third-order valence-electron chi connectivity index (χ3n) is 9.28. The third-order valence-corrected chi connectivity index (χ3v) is 9.28. The molecule has 0 saturated heterocycles. The number of benzene rings is 7. The van der Waals surface area contributed by atoms with Crippen LogP contribution in [0.3, 0.4) is 0 Å². The molecule has 0 spiro atoms. The Hall–Kier alpha value is -7.16. The topological polar surface area (TPSA) is 67.4 Å². The van der Waals surface area contributed by atoms with Gasteiger partial charge in [0, 0.05) is 27.5 Å². The summed E-state index contributed by atoms with van der Waals surface area (Å²) in [7, 11) is 0. The number of aromatic nitrogens is 4. The molecular weight excluding hydrogens is 623 g/mol. The lowest BCUT2D eigenvalue weighted by Gasteiger charge is -2.17. The van der Waals surface area contributed by atoms with Crippen LogP contribution < -0.4 is 0 Å². The summed E-state index contributed by atoms with van der Waals surface area (Å²) in [6.07, 6.45) is 0. The maximum Gasteiger partial charge on any atom is 0.166 e. The lowest BCUT2D eigenvalue weighted by atomic mass is 9.99. The quantitative estimate of drug-likeness (QED) is 0.179. The van der Waals surface area contributed by atoms with E-state index in [1.54, 1.807) is 0 Å². The molecular formula is C46H29N5. The number of rotatable bonds is 6. The molecule has 0 atom stereocenters. The van der Waals surface area contributed by atoms with Crippen molar-refractivity contribution in [3.63, 3.8) is 0 Å². The molecule has 0 amide bonds. The van der Waals surface area contributed by atoms with Crippen molar-refractivity contribution in [3.05, 3.63) is 181 Å². The second-order valence-corrected chi connectivity index (χ2v) is 12.4. The summed E-state index contributed by atoms with van der Waals surface area (Å²) in [6, 6.07) is 62.2. The molecule has 51 heavy (non-hydrogen) atoms. The highest BCUT2D eigenvalue weighted by Gasteiger charge is 2.21. The summed E-state index contributed by atoms with van der Waals surface area (Å²) in [5, 5.41) is 12.0. The number of fused-ring (bicyclic) bond motifs is 3. The molecule has 0 N–H and O–H groups in total. The van der Waals surface area contributed by atoms with Crippen LogP contribution in [-0.2, 0) is 0 Å². The van der Waals surface area contributed by atoms with Crippen LogP contribution >= 0.6 is 0 Å². The van der Waals surface area contributed by atoms with Crippen molar-refractivity contribution in [2.75, 3.05) is 0 Å². The van der Waals surface area contributed by atoms with Gasteiger partial charge in [0.05, 0.1) is 28.4 Å². The minimum absolute atomic E-state index is 0.570. The first-order valence-electron chi connectivity index (χ1n) is 16.8. The average Bonchev–Trinajstić information content (AvgIpc) is 3.55. The molecule has 0 aliphatic heterocycles. The van der Waals surface area contributed by atoms with Crippen LogP contribution in [0.15, 0.2) is 176 Å². The Kier molecular flexibility index (Phi) is 7.46. The SMILES string of the molecule is N#Cc1cccc(-c2ccc(-c3nc(-c4ccccc4)nc(-c4ccccc4)n3)c(-n3c4ccccc4c4ccc(-c5ccccc5)cc43)c2)c1. The van der Waals surface area contributed by atoms with Gasteiger partial charge in [0.2, 0.25) is 0 Å². The first-order chi connectivity index (χ1) is 25.2. The molecule has 0 saturated carbocycles. The first-order valence-corrected chi connectivity index (χ1v) is 16.8. The summed E-state index contributed by atoms with van der Waals surface area (Å²) in [4.78, 5) is 15.3. The van der Waals surface area contributed by atoms with Gasteiger partial charge in [0.1, 0.15) is 0 Å². The van der Waals surface area contributed by atoms with Gasteiger partial charge in [-0.2, -0.15) is 5.26 Å². The highest BCUT2D eigenvalue weighted by atomic mass is 15.1. The molecule has 5 nitrogen and oxygen atoms in total. The molecule has 0 fully saturated rings. The molecule has 9 rings (SSSR count). The number of para-hydroxylation sites is 1. The molecule has 238 valence electrons. The van der Waals surface area contributed by atoms with Gasteiger partial charge in [-0.1, -0.05) is 140 Å². The zero-order valence-corrected chi connectivity index (χ0v) is 27.5. The van der Waals surface area contributed by atoms with Crippen LogP contribution in [0.25, 0.3) is 83.9 Å². The molecule has 2 heterocycles. The van der Waals surface area contributed by atoms with Crippen LogP contribution in [0.2, 0.25) is 0 Å². The molecule has 0 radical (unpaired) electrons. The first kappa shape index (κ1) is 29.9. The standard InChI is InChI=1S/C46H29N5/c47-30-31-13-12-20-35(27-31)37-24-26-40(46-49-44(33-16-6-2-7-17-33)48-45(50-46)34-18-8-3-9-19-34)43(29-37)51-41-22-11-10-21-38(41)39-25-23-36(28-42(39)51)32-14-4-1-5-15-32/h1-29H. The van der Waals surface area contributed by atoms with E-state index in [-0.39, 0.29) is 0 Å². The maximum absolute atomic E-state index is 9.73. The summed E-state index contributed by atoms with van der Waals surface area (Å²) in [6.45, 7) is 0. The highest BCUT2D eigenvalue weighted by Crippen LogP contribution is 2.39. The smallest absolute Gasteiger partial charge is 0.166 e. The van der Waals surface area contributed by atoms with Crippen molar-refractivity contribution in [3.8, 4) is 68.2 Å². The Morgan fingerprint density at radius 3 is 1.61 bits per heavy atom. The summed E-state index contributed by atoms with van der Waals surface area (Å²) < 4.78 is 2.33. The minimum Gasteiger partial charge on any atom is -0.308 e. The van der Waals surface area contributed by atoms with Crippen molar-refractivity contribution in [2.45, 2.75) is 0 Å². The molecule has 2 aromatic heterocycles. The van der Waals surface area contributed by atoms with Gasteiger partial charge in [0.25, 0.3) is 0 Å². The van der Waals surface area contributed by atoms with Crippen LogP contribution in [0.1, 0.15) is 5.56 Å². The molecule has 0 bridgehead atoms. The van der Waals surface area contributed by atoms with Crippen molar-refractivity contribution >= 4 is 21.8 Å². The van der Waals surface area contributed by atoms with E-state index in [1.165, 1.54) is 0 Å². The Morgan fingerprint density at radius 2 is 0.922 bits per heavy atom. The van der Waals surface area contributed by atoms with E-state index in [9.17, 15) is 5.26 Å². The summed E-state index contributed by atoms with van der Waals surface area (Å²) in [5.41, 5.74) is 10.6. The minimum atomic E-state index is 0.570. The van der Waals surface area contributed by atoms with Gasteiger partial charge in [-0.25, -0.2) is 15.0 Å². The van der Waals surface area contributed by atoms with Crippen LogP contribution in [0, 0.1) is 11.3 Å². The lowest BCUT2D eigenvalue weighted by Crippen LogP contribution is -2.04. The largest absolute Gasteiger partial charge is 0.308 e. The van der Waals surface area contributed by atoms with Crippen molar-refractivity contribution in [1.29, 1.82) is 5.26 Å². The predicted octanol–water partition coefficient (Wildman–Crippen LogP) is 11.2. The van der Waals surface area contributed by atoms with Gasteiger partial charge in [-0.3, -0.25) is 0 Å². The second-order valence-electron chi connectivity index (χ2n) is 12.4. The Balaban J connectivity index is 1.37. The Bertz CT molecular complexity index is 2690. The van der Waals surface area contributed by atoms with Gasteiger partial charge >= 0.3 is 0 Å². The summed E-state index contributed by atoms with van der Waals surface area (Å²) >= 11 is 0. The fourth-order valence-corrected chi connectivity index (χ4v) is 6.82. The predicted molar refractivity (Wildman–Crippen MR) is 206 cm³/mol. The van der Waals surface area contributed by atoms with Crippen molar-refractivity contribution in [1.82, 2.24) is 19.5 Å². The number of hydrogen-bond donors (Lipinski definition) is 0. The third kappa shape index (κ3) is 5.51. The van der Waals surface area contributed by atoms with Crippen molar-refractivity contribution < 1.29 is 0 Å². The fourth-order valence-electron chi connectivity index (χ4n) is 6.82. The molecule has 0 aliphatic rings. The summed E-state index contributed by atoms with van der Waals surface area (Å²) in [5.74, 6) is 1.77. The second kappa shape index (κ2) is 12.7. The zero-order valence-electron chi connectivity index (χ0n) is 27.5. The number of nitriles is 1. The van der Waals surface area contributed by atoms with Gasteiger partial charge in [-0.15, -0.1) is 0 Å². The monoisotopic (exact) mass is 651 g/mol. The van der Waals surface area contributed by atoms with Crippen LogP contribution in [0.4, 0.5) is 0 Å². The van der Waals surface area contributed by atoms with E-state index in [2.05, 4.69) is 95.6 Å². The molecule has 0 aliphatic carbocycles. The van der Waals surface area contributed by atoms with Gasteiger partial charge in [0.15, 0.2) is 17.5 Å². The zero-order chi connectivity index (χ0) is 34.1. The van der Waals surface area contributed by atoms with Crippen LogP contribution in [-0.4, -0.2) is 19.5 Å². The normalized spacial score (nSPS) is 11.1. The van der Waals surface area contributed by atoms with Crippen LogP contribution in [0.5, 0.6) is 0 Å². The van der Waals surface area contributed by atoms with Gasteiger partial charge in [-0.05, 0) is 58.7 Å². The van der Waals surface area contributed by atoms with E-state index in [4.69, 9.17) is 15.0 Å². The Labute approximate surface area is 295 Å². The average molecular weight is 652 g/mol. The molecule has 9 aromatic rings. The molecule has 5 heteroatoms. The Morgan fingerprint density at radius 1 is 0.392 bits per heavy atom. The number of hydrogen-bond acceptors (Lipinski definition) is 4. The molecule has 7 aromatic carbocycles. The van der Waals surface area contributed by atoms with E-state index < -0.39 is 0 Å². The van der Waals surface area contributed by atoms with E-state index >= 15 is 0 Å². The maximum atomic E-state index is 9.73. The molecule has 0 unspecified atom stereocenters. The number of nitrogens with zero attached hydrogens (tertiary/aromatic N) is 5. The fraction of sp³-hybridized carbons (Fsp3) is 0. The van der Waals surface area contributed by atoms with E-state index in [0.717, 1.165) is 66.4 Å². The van der Waals surface area contributed by atoms with E-state index in [0.29, 0.717) is 23.0 Å². The van der Waals surface area contributed by atoms with Gasteiger partial charge < -0.3 is 4.57 Å². The van der Waals surface area contributed by atoms with Crippen molar-refractivity contribution in [2.24, 2.45) is 0 Å².